The van der Waals surface area contributed by atoms with Crippen LogP contribution in [0, 0.1) is 13.8 Å². The number of oxime groups is 1. The summed E-state index contributed by atoms with van der Waals surface area (Å²) in [5.74, 6) is -1.09. The van der Waals surface area contributed by atoms with Crippen molar-refractivity contribution in [3.8, 4) is 0 Å². The molecule has 1 unspecified atom stereocenters. The molecular formula is C27H26BrN3O7. The third-order valence-corrected chi connectivity index (χ3v) is 6.01. The van der Waals surface area contributed by atoms with Gasteiger partial charge in [0.15, 0.2) is 11.6 Å². The van der Waals surface area contributed by atoms with Gasteiger partial charge in [0, 0.05) is 28.5 Å². The summed E-state index contributed by atoms with van der Waals surface area (Å²) in [5.41, 5.74) is 3.05. The van der Waals surface area contributed by atoms with Crippen LogP contribution in [0.15, 0.2) is 54.3 Å². The molecule has 2 aromatic rings. The highest BCUT2D eigenvalue weighted by Crippen LogP contribution is 2.21. The first-order chi connectivity index (χ1) is 17.9. The second-order valence-corrected chi connectivity index (χ2v) is 9.14. The topological polar surface area (TPSA) is 130 Å². The quantitative estimate of drug-likeness (QED) is 0.336. The zero-order valence-electron chi connectivity index (χ0n) is 21.3. The fraction of sp³-hybridized carbons (Fsp3) is 0.222. The lowest BCUT2D eigenvalue weighted by molar-refractivity contribution is -0.125. The van der Waals surface area contributed by atoms with E-state index in [9.17, 15) is 28.8 Å². The van der Waals surface area contributed by atoms with Gasteiger partial charge in [0.05, 0.1) is 6.42 Å². The van der Waals surface area contributed by atoms with Crippen LogP contribution in [0.3, 0.4) is 0 Å². The molecule has 2 aromatic carbocycles. The Bertz CT molecular complexity index is 1330. The molecular weight excluding hydrogens is 558 g/mol. The van der Waals surface area contributed by atoms with Crippen LogP contribution in [0.5, 0.6) is 0 Å². The van der Waals surface area contributed by atoms with Crippen LogP contribution >= 0.6 is 15.9 Å². The molecule has 11 heteroatoms. The van der Waals surface area contributed by atoms with E-state index in [1.54, 1.807) is 38.1 Å². The first kappa shape index (κ1) is 30.0. The Morgan fingerprint density at radius 2 is 1.42 bits per heavy atom. The monoisotopic (exact) mass is 583 g/mol. The number of benzene rings is 2. The van der Waals surface area contributed by atoms with Crippen molar-refractivity contribution in [2.45, 2.75) is 40.3 Å². The van der Waals surface area contributed by atoms with Crippen molar-refractivity contribution in [1.82, 2.24) is 9.80 Å². The normalized spacial score (nSPS) is 13.6. The molecule has 1 aliphatic heterocycles. The molecule has 0 N–H and O–H groups in total. The van der Waals surface area contributed by atoms with Crippen LogP contribution in [0.25, 0.3) is 0 Å². The average Bonchev–Trinajstić information content (AvgIpc) is 3.30. The number of amides is 4. The number of imide groups is 2. The van der Waals surface area contributed by atoms with Gasteiger partial charge in [0.1, 0.15) is 4.62 Å². The maximum absolute atomic E-state index is 12.4. The van der Waals surface area contributed by atoms with Crippen molar-refractivity contribution >= 4 is 56.8 Å². The van der Waals surface area contributed by atoms with Crippen molar-refractivity contribution < 1.29 is 33.6 Å². The molecule has 0 aromatic heterocycles. The number of carbonyl (C=O) groups excluding carboxylic acids is 6. The highest BCUT2D eigenvalue weighted by Gasteiger charge is 2.31. The van der Waals surface area contributed by atoms with Gasteiger partial charge in [-0.2, -0.15) is 0 Å². The fourth-order valence-corrected chi connectivity index (χ4v) is 3.79. The van der Waals surface area contributed by atoms with Gasteiger partial charge in [-0.1, -0.05) is 23.9 Å². The van der Waals surface area contributed by atoms with Gasteiger partial charge in [-0.3, -0.25) is 33.7 Å². The Balaban J connectivity index is 0.000000273. The van der Waals surface area contributed by atoms with E-state index in [2.05, 4.69) is 27.7 Å². The first-order valence-electron chi connectivity index (χ1n) is 11.2. The summed E-state index contributed by atoms with van der Waals surface area (Å²) >= 11 is 3.16. The molecule has 10 nitrogen and oxygen atoms in total. The molecule has 0 fully saturated rings. The van der Waals surface area contributed by atoms with E-state index in [0.29, 0.717) is 57.2 Å². The van der Waals surface area contributed by atoms with Crippen molar-refractivity contribution in [3.63, 3.8) is 0 Å². The first-order valence-corrected chi connectivity index (χ1v) is 12.0. The summed E-state index contributed by atoms with van der Waals surface area (Å²) in [5, 5.41) is 3.66. The predicted molar refractivity (Wildman–Crippen MR) is 143 cm³/mol. The van der Waals surface area contributed by atoms with Gasteiger partial charge in [-0.15, -0.1) is 0 Å². The molecule has 1 heterocycles. The zero-order chi connectivity index (χ0) is 28.6. The summed E-state index contributed by atoms with van der Waals surface area (Å²) in [6.07, 6.45) is 1.53. The highest BCUT2D eigenvalue weighted by atomic mass is 79.9. The van der Waals surface area contributed by atoms with Crippen molar-refractivity contribution in [2.24, 2.45) is 5.16 Å². The smallest absolute Gasteiger partial charge is 0.264 e. The molecule has 198 valence electrons. The number of halogens is 1. The number of carbonyl (C=O) groups is 6. The molecule has 0 saturated carbocycles. The minimum atomic E-state index is -0.753. The summed E-state index contributed by atoms with van der Waals surface area (Å²) in [6.45, 7) is 9.71. The summed E-state index contributed by atoms with van der Waals surface area (Å²) in [7, 11) is 0. The van der Waals surface area contributed by atoms with Crippen LogP contribution in [0.4, 0.5) is 0 Å². The molecule has 0 bridgehead atoms. The average molecular weight is 584 g/mol. The largest absolute Gasteiger partial charge is 0.369 e. The number of Topliss-reactive ketones (excluding diaryl/α,β-unsaturated/α-hetero) is 2. The number of aryl methyl sites for hydroxylation is 2. The molecule has 1 aliphatic rings. The predicted octanol–water partition coefficient (Wildman–Crippen LogP) is 4.19. The lowest BCUT2D eigenvalue weighted by Crippen LogP contribution is -2.39. The van der Waals surface area contributed by atoms with Crippen molar-refractivity contribution in [2.75, 3.05) is 0 Å². The lowest BCUT2D eigenvalue weighted by Gasteiger charge is -2.21. The van der Waals surface area contributed by atoms with Crippen LogP contribution < -0.4 is 0 Å². The van der Waals surface area contributed by atoms with Crippen LogP contribution in [0.1, 0.15) is 72.8 Å². The maximum Gasteiger partial charge on any atom is 0.264 e. The lowest BCUT2D eigenvalue weighted by atomic mass is 10.0. The van der Waals surface area contributed by atoms with Crippen LogP contribution in [-0.2, 0) is 14.4 Å². The highest BCUT2D eigenvalue weighted by molar-refractivity contribution is 9.18. The van der Waals surface area contributed by atoms with E-state index in [1.165, 1.54) is 26.0 Å². The number of ketones is 2. The number of hydrogen-bond donors (Lipinski definition) is 0. The second-order valence-electron chi connectivity index (χ2n) is 8.22. The molecule has 4 amide bonds. The number of hydrogen-bond acceptors (Lipinski definition) is 8. The van der Waals surface area contributed by atoms with E-state index in [1.807, 2.05) is 0 Å². The van der Waals surface area contributed by atoms with E-state index in [0.717, 1.165) is 16.0 Å². The van der Waals surface area contributed by atoms with Gasteiger partial charge in [0.25, 0.3) is 11.8 Å². The standard InChI is InChI=1S/C14H13BrN2O4.C13H13NO3/c1-8-5-10(9(2)19)3-4-11(8)14(20)17(7-18)13-6-12(15)16-21-13;1-4-14(8-15)13(17)12-6-5-11(10(3)16)7-9(12)2/h3-5,7,13H,6H2,1-2H3;4-8H,1H2,2-3H3. The Hall–Kier alpha value is -4.25. The Kier molecular flexibility index (Phi) is 10.5. The molecule has 0 radical (unpaired) electrons. The summed E-state index contributed by atoms with van der Waals surface area (Å²) in [6, 6.07) is 9.45. The molecule has 0 spiro atoms. The van der Waals surface area contributed by atoms with Gasteiger partial charge < -0.3 is 4.84 Å². The van der Waals surface area contributed by atoms with Gasteiger partial charge >= 0.3 is 0 Å². The molecule has 0 saturated heterocycles. The van der Waals surface area contributed by atoms with Crippen LogP contribution in [0.2, 0.25) is 0 Å². The number of rotatable bonds is 8. The minimum absolute atomic E-state index is 0.0666. The molecule has 1 atom stereocenters. The van der Waals surface area contributed by atoms with E-state index in [-0.39, 0.29) is 11.6 Å². The van der Waals surface area contributed by atoms with Crippen LogP contribution in [-0.4, -0.2) is 56.8 Å². The Morgan fingerprint density at radius 1 is 0.921 bits per heavy atom. The Morgan fingerprint density at radius 3 is 1.76 bits per heavy atom. The van der Waals surface area contributed by atoms with Gasteiger partial charge in [0.2, 0.25) is 19.0 Å². The summed E-state index contributed by atoms with van der Waals surface area (Å²) in [4.78, 5) is 75.4. The van der Waals surface area contributed by atoms with Gasteiger partial charge in [-0.25, -0.2) is 4.90 Å². The SMILES string of the molecule is C=CN(C=O)C(=O)c1ccc(C(C)=O)cc1C.CC(=O)c1ccc(C(=O)N(C=O)C2CC(Br)=NO2)c(C)c1. The molecule has 38 heavy (non-hydrogen) atoms. The third kappa shape index (κ3) is 7.16. The zero-order valence-corrected chi connectivity index (χ0v) is 22.9. The third-order valence-electron chi connectivity index (χ3n) is 5.55. The second kappa shape index (κ2) is 13.3. The van der Waals surface area contributed by atoms with Crippen molar-refractivity contribution in [3.05, 3.63) is 82.6 Å². The maximum atomic E-state index is 12.4. The van der Waals surface area contributed by atoms with E-state index >= 15 is 0 Å². The van der Waals surface area contributed by atoms with Gasteiger partial charge in [-0.05, 0) is 79.0 Å². The molecule has 0 aliphatic carbocycles. The van der Waals surface area contributed by atoms with Crippen molar-refractivity contribution in [1.29, 1.82) is 0 Å². The summed E-state index contributed by atoms with van der Waals surface area (Å²) < 4.78 is 0.538. The number of nitrogens with zero attached hydrogens (tertiary/aromatic N) is 3. The fourth-order valence-electron chi connectivity index (χ4n) is 3.43. The Labute approximate surface area is 228 Å². The van der Waals surface area contributed by atoms with E-state index < -0.39 is 18.0 Å². The van der Waals surface area contributed by atoms with E-state index in [4.69, 9.17) is 4.84 Å². The minimum Gasteiger partial charge on any atom is -0.369 e. The molecule has 3 rings (SSSR count).